The van der Waals surface area contributed by atoms with Gasteiger partial charge in [0, 0.05) is 31.7 Å². The van der Waals surface area contributed by atoms with Crippen LogP contribution in [0.4, 0.5) is 0 Å². The van der Waals surface area contributed by atoms with Crippen molar-refractivity contribution in [1.29, 1.82) is 0 Å². The van der Waals surface area contributed by atoms with Crippen LogP contribution in [0, 0.1) is 6.92 Å². The number of aliphatic hydroxyl groups is 1. The highest BCUT2D eigenvalue weighted by Crippen LogP contribution is 2.40. The Morgan fingerprint density at radius 3 is 2.44 bits per heavy atom. The van der Waals surface area contributed by atoms with Crippen LogP contribution in [0.15, 0.2) is 48.0 Å². The number of amides is 2. The van der Waals surface area contributed by atoms with Crippen LogP contribution in [0.25, 0.3) is 5.76 Å². The Labute approximate surface area is 227 Å². The van der Waals surface area contributed by atoms with E-state index in [1.54, 1.807) is 42.5 Å². The molecule has 2 amide bonds. The minimum absolute atomic E-state index is 0.0285. The largest absolute Gasteiger partial charge is 0.507 e. The molecule has 208 valence electrons. The molecule has 3 N–H and O–H groups in total. The van der Waals surface area contributed by atoms with Gasteiger partial charge in [0.25, 0.3) is 17.6 Å². The van der Waals surface area contributed by atoms with E-state index in [0.717, 1.165) is 25.2 Å². The predicted molar refractivity (Wildman–Crippen MR) is 144 cm³/mol. The Kier molecular flexibility index (Phi) is 9.21. The third kappa shape index (κ3) is 6.58. The van der Waals surface area contributed by atoms with Crippen molar-refractivity contribution in [2.24, 2.45) is 5.73 Å². The zero-order chi connectivity index (χ0) is 27.9. The van der Waals surface area contributed by atoms with Gasteiger partial charge < -0.3 is 30.0 Å². The van der Waals surface area contributed by atoms with E-state index in [0.29, 0.717) is 55.4 Å². The van der Waals surface area contributed by atoms with Gasteiger partial charge in [-0.05, 0) is 61.7 Å². The zero-order valence-corrected chi connectivity index (χ0v) is 22.4. The summed E-state index contributed by atoms with van der Waals surface area (Å²) in [6.07, 6.45) is 0.658. The fraction of sp³-hybridized carbons (Fsp3) is 0.414. The third-order valence-corrected chi connectivity index (χ3v) is 6.84. The molecule has 1 unspecified atom stereocenters. The summed E-state index contributed by atoms with van der Waals surface area (Å²) in [5.74, 6) is -1.12. The van der Waals surface area contributed by atoms with Crippen molar-refractivity contribution in [3.05, 3.63) is 64.7 Å². The van der Waals surface area contributed by atoms with E-state index < -0.39 is 23.6 Å². The van der Waals surface area contributed by atoms with E-state index >= 15 is 0 Å². The van der Waals surface area contributed by atoms with Crippen molar-refractivity contribution >= 4 is 23.4 Å². The van der Waals surface area contributed by atoms with Crippen LogP contribution >= 0.6 is 0 Å². The molecule has 0 aliphatic carbocycles. The van der Waals surface area contributed by atoms with E-state index in [-0.39, 0.29) is 17.9 Å². The van der Waals surface area contributed by atoms with E-state index in [1.807, 2.05) is 13.8 Å². The van der Waals surface area contributed by atoms with Crippen LogP contribution < -0.4 is 15.2 Å². The lowest BCUT2D eigenvalue weighted by molar-refractivity contribution is -0.140. The van der Waals surface area contributed by atoms with Crippen LogP contribution in [-0.4, -0.2) is 85.1 Å². The number of hydrogen-bond acceptors (Lipinski definition) is 8. The van der Waals surface area contributed by atoms with Crippen molar-refractivity contribution < 1.29 is 33.7 Å². The molecule has 10 nitrogen and oxygen atoms in total. The van der Waals surface area contributed by atoms with Crippen molar-refractivity contribution in [3.63, 3.8) is 0 Å². The molecule has 10 heteroatoms. The molecule has 39 heavy (non-hydrogen) atoms. The highest BCUT2D eigenvalue weighted by Gasteiger charge is 2.45. The molecule has 2 aliphatic heterocycles. The van der Waals surface area contributed by atoms with Crippen molar-refractivity contribution in [2.75, 3.05) is 52.6 Å². The lowest BCUT2D eigenvalue weighted by Gasteiger charge is -2.29. The predicted octanol–water partition coefficient (Wildman–Crippen LogP) is 2.40. The molecule has 0 spiro atoms. The lowest BCUT2D eigenvalue weighted by Crippen LogP contribution is -2.38. The molecule has 2 heterocycles. The number of ether oxygens (including phenoxy) is 3. The van der Waals surface area contributed by atoms with Crippen LogP contribution in [0.3, 0.4) is 0 Å². The average Bonchev–Trinajstić information content (AvgIpc) is 3.18. The molecule has 2 aromatic carbocycles. The molecule has 2 aliphatic rings. The Morgan fingerprint density at radius 2 is 1.79 bits per heavy atom. The summed E-state index contributed by atoms with van der Waals surface area (Å²) in [7, 11) is 0. The van der Waals surface area contributed by atoms with Gasteiger partial charge in [-0.15, -0.1) is 0 Å². The third-order valence-electron chi connectivity index (χ3n) is 6.84. The van der Waals surface area contributed by atoms with E-state index in [4.69, 9.17) is 19.9 Å². The Hall–Kier alpha value is -3.89. The number of nitrogens with two attached hydrogens (primary N) is 1. The number of ketones is 1. The van der Waals surface area contributed by atoms with Crippen LogP contribution in [0.1, 0.15) is 36.1 Å². The Balaban J connectivity index is 1.67. The summed E-state index contributed by atoms with van der Waals surface area (Å²) in [4.78, 5) is 41.5. The average molecular weight is 538 g/mol. The number of nitrogens with zero attached hydrogens (tertiary/aromatic N) is 2. The Bertz CT molecular complexity index is 1240. The van der Waals surface area contributed by atoms with Gasteiger partial charge in [-0.1, -0.05) is 12.1 Å². The number of carbonyl (C=O) groups excluding carboxylic acids is 3. The molecule has 2 fully saturated rings. The minimum Gasteiger partial charge on any atom is -0.507 e. The van der Waals surface area contributed by atoms with E-state index in [1.165, 1.54) is 4.90 Å². The van der Waals surface area contributed by atoms with Gasteiger partial charge in [0.05, 0.1) is 31.4 Å². The first-order chi connectivity index (χ1) is 18.8. The maximum Gasteiger partial charge on any atom is 0.295 e. The minimum atomic E-state index is -0.785. The monoisotopic (exact) mass is 537 g/mol. The van der Waals surface area contributed by atoms with Gasteiger partial charge in [-0.2, -0.15) is 0 Å². The molecule has 0 radical (unpaired) electrons. The van der Waals surface area contributed by atoms with Crippen LogP contribution in [0.5, 0.6) is 11.5 Å². The number of carbonyl (C=O) groups is 3. The van der Waals surface area contributed by atoms with Crippen LogP contribution in [-0.2, 0) is 19.1 Å². The summed E-state index contributed by atoms with van der Waals surface area (Å²) in [6, 6.07) is 11.1. The number of aryl methyl sites for hydroxylation is 1. The molecule has 1 atom stereocenters. The lowest BCUT2D eigenvalue weighted by atomic mass is 9.94. The SMILES string of the molecule is CCOc1ccc(/C(O)=C2\C(=O)C(=O)N(CCCN3CCOCC3)C2c2ccc(OCC(N)=O)cc2)cc1C. The molecule has 4 rings (SSSR count). The van der Waals surface area contributed by atoms with Gasteiger partial charge in [0.2, 0.25) is 0 Å². The van der Waals surface area contributed by atoms with Crippen molar-refractivity contribution in [1.82, 2.24) is 9.80 Å². The number of primary amides is 1. The van der Waals surface area contributed by atoms with Crippen molar-refractivity contribution in [3.8, 4) is 11.5 Å². The zero-order valence-electron chi connectivity index (χ0n) is 22.4. The molecule has 2 saturated heterocycles. The van der Waals surface area contributed by atoms with E-state index in [2.05, 4.69) is 4.90 Å². The molecule has 0 saturated carbocycles. The fourth-order valence-corrected chi connectivity index (χ4v) is 4.92. The molecule has 0 aromatic heterocycles. The quantitative estimate of drug-likeness (QED) is 0.254. The molecule has 0 bridgehead atoms. The molecule has 2 aromatic rings. The maximum absolute atomic E-state index is 13.3. The topological polar surface area (TPSA) is 132 Å². The highest BCUT2D eigenvalue weighted by molar-refractivity contribution is 6.46. The summed E-state index contributed by atoms with van der Waals surface area (Å²) < 4.78 is 16.4. The first-order valence-corrected chi connectivity index (χ1v) is 13.1. The number of Topliss-reactive ketones (excluding diaryl/α,β-unsaturated/α-hetero) is 1. The number of benzene rings is 2. The van der Waals surface area contributed by atoms with Crippen molar-refractivity contribution in [2.45, 2.75) is 26.3 Å². The number of likely N-dealkylation sites (tertiary alicyclic amines) is 1. The summed E-state index contributed by atoms with van der Waals surface area (Å²) in [5.41, 5.74) is 7.05. The number of aliphatic hydroxyl groups excluding tert-OH is 1. The second-order valence-corrected chi connectivity index (χ2v) is 9.54. The van der Waals surface area contributed by atoms with Gasteiger partial charge in [-0.25, -0.2) is 0 Å². The second-order valence-electron chi connectivity index (χ2n) is 9.54. The first kappa shape index (κ1) is 28.1. The normalized spacial score (nSPS) is 19.3. The van der Waals surface area contributed by atoms with Crippen LogP contribution in [0.2, 0.25) is 0 Å². The summed E-state index contributed by atoms with van der Waals surface area (Å²) in [5, 5.41) is 11.4. The number of hydrogen-bond donors (Lipinski definition) is 2. The second kappa shape index (κ2) is 12.8. The van der Waals surface area contributed by atoms with Gasteiger partial charge in [0.15, 0.2) is 6.61 Å². The highest BCUT2D eigenvalue weighted by atomic mass is 16.5. The summed E-state index contributed by atoms with van der Waals surface area (Å²) >= 11 is 0. The maximum atomic E-state index is 13.3. The van der Waals surface area contributed by atoms with Gasteiger partial charge in [0.1, 0.15) is 17.3 Å². The molecular weight excluding hydrogens is 502 g/mol. The fourth-order valence-electron chi connectivity index (χ4n) is 4.92. The smallest absolute Gasteiger partial charge is 0.295 e. The Morgan fingerprint density at radius 1 is 1.08 bits per heavy atom. The number of rotatable bonds is 11. The standard InChI is InChI=1S/C29H35N3O7/c1-3-38-23-10-7-21(17-19(23)2)27(34)25-26(20-5-8-22(9-6-20)39-18-24(30)33)32(29(36)28(25)35)12-4-11-31-13-15-37-16-14-31/h5-10,17,26,34H,3-4,11-16,18H2,1-2H3,(H2,30,33)/b27-25+. The van der Waals surface area contributed by atoms with Gasteiger partial charge >= 0.3 is 0 Å². The van der Waals surface area contributed by atoms with E-state index in [9.17, 15) is 19.5 Å². The molecular formula is C29H35N3O7. The number of morpholine rings is 1. The van der Waals surface area contributed by atoms with Gasteiger partial charge in [-0.3, -0.25) is 19.3 Å². The summed E-state index contributed by atoms with van der Waals surface area (Å²) in [6.45, 7) is 8.08. The first-order valence-electron chi connectivity index (χ1n) is 13.1.